The smallest absolute Gasteiger partial charge is 0.320 e. The van der Waals surface area contributed by atoms with Crippen LogP contribution in [0.2, 0.25) is 0 Å². The van der Waals surface area contributed by atoms with E-state index < -0.39 is 6.03 Å². The number of pyridine rings is 1. The standard InChI is InChI=1S/C21H25N7O5/c1-12-25-19(28-33-12)13-6-5-7-15(18(13)32-4)26-16-10-17(24-11-14(16)20(29)22-2)27-21(30)23-8-9-31-3/h5-7,10-11H,8-9H2,1-4H3,(H,22,29)(H3,23,24,26,27,30). The molecule has 0 saturated heterocycles. The van der Waals surface area contributed by atoms with Gasteiger partial charge in [0.05, 0.1) is 36.2 Å². The Morgan fingerprint density at radius 3 is 2.67 bits per heavy atom. The van der Waals surface area contributed by atoms with E-state index in [0.29, 0.717) is 47.6 Å². The predicted octanol–water partition coefficient (Wildman–Crippen LogP) is 2.32. The van der Waals surface area contributed by atoms with Crippen LogP contribution in [-0.2, 0) is 4.74 Å². The maximum absolute atomic E-state index is 12.4. The quantitative estimate of drug-likeness (QED) is 0.356. The molecule has 0 fully saturated rings. The fourth-order valence-corrected chi connectivity index (χ4v) is 2.96. The molecule has 4 N–H and O–H groups in total. The Hall–Kier alpha value is -4.19. The number of methoxy groups -OCH3 is 2. The molecule has 0 aliphatic rings. The van der Waals surface area contributed by atoms with Crippen LogP contribution in [-0.4, -0.2) is 61.5 Å². The van der Waals surface area contributed by atoms with Crippen LogP contribution >= 0.6 is 0 Å². The van der Waals surface area contributed by atoms with Crippen molar-refractivity contribution in [1.29, 1.82) is 0 Å². The fourth-order valence-electron chi connectivity index (χ4n) is 2.96. The lowest BCUT2D eigenvalue weighted by Crippen LogP contribution is -2.31. The number of aryl methyl sites for hydroxylation is 1. The lowest BCUT2D eigenvalue weighted by Gasteiger charge is -2.16. The minimum Gasteiger partial charge on any atom is -0.494 e. The van der Waals surface area contributed by atoms with E-state index in [-0.39, 0.29) is 17.3 Å². The van der Waals surface area contributed by atoms with Crippen molar-refractivity contribution in [3.05, 3.63) is 41.9 Å². The van der Waals surface area contributed by atoms with Crippen molar-refractivity contribution in [3.63, 3.8) is 0 Å². The summed E-state index contributed by atoms with van der Waals surface area (Å²) < 4.78 is 15.6. The van der Waals surface area contributed by atoms with E-state index in [0.717, 1.165) is 0 Å². The van der Waals surface area contributed by atoms with Crippen molar-refractivity contribution >= 4 is 29.1 Å². The number of urea groups is 1. The fraction of sp³-hybridized carbons (Fsp3) is 0.286. The van der Waals surface area contributed by atoms with Gasteiger partial charge >= 0.3 is 6.03 Å². The van der Waals surface area contributed by atoms with Crippen molar-refractivity contribution in [2.45, 2.75) is 6.92 Å². The van der Waals surface area contributed by atoms with Crippen molar-refractivity contribution in [3.8, 4) is 17.1 Å². The first-order valence-electron chi connectivity index (χ1n) is 9.97. The first-order chi connectivity index (χ1) is 16.0. The molecule has 3 amide bonds. The van der Waals surface area contributed by atoms with Gasteiger partial charge in [-0.3, -0.25) is 10.1 Å². The largest absolute Gasteiger partial charge is 0.494 e. The third-order valence-corrected chi connectivity index (χ3v) is 4.47. The molecule has 2 aromatic heterocycles. The van der Waals surface area contributed by atoms with Crippen molar-refractivity contribution in [1.82, 2.24) is 25.8 Å². The highest BCUT2D eigenvalue weighted by molar-refractivity contribution is 6.01. The van der Waals surface area contributed by atoms with Gasteiger partial charge in [-0.2, -0.15) is 4.98 Å². The van der Waals surface area contributed by atoms with E-state index in [1.807, 2.05) is 0 Å². The second-order valence-corrected chi connectivity index (χ2v) is 6.72. The molecule has 3 aromatic rings. The van der Waals surface area contributed by atoms with Crippen LogP contribution in [0.3, 0.4) is 0 Å². The van der Waals surface area contributed by atoms with Gasteiger partial charge in [0.2, 0.25) is 11.7 Å². The molecule has 0 aliphatic heterocycles. The van der Waals surface area contributed by atoms with E-state index in [2.05, 4.69) is 36.4 Å². The zero-order chi connectivity index (χ0) is 23.8. The number of anilines is 3. The molecule has 0 atom stereocenters. The van der Waals surface area contributed by atoms with E-state index >= 15 is 0 Å². The second kappa shape index (κ2) is 10.9. The lowest BCUT2D eigenvalue weighted by molar-refractivity contribution is 0.0963. The SMILES string of the molecule is CNC(=O)c1cnc(NC(=O)NCCOC)cc1Nc1cccc(-c2noc(C)n2)c1OC. The minimum absolute atomic E-state index is 0.240. The summed E-state index contributed by atoms with van der Waals surface area (Å²) in [6.07, 6.45) is 1.37. The van der Waals surface area contributed by atoms with Gasteiger partial charge in [-0.25, -0.2) is 9.78 Å². The number of aromatic nitrogens is 3. The Balaban J connectivity index is 1.94. The predicted molar refractivity (Wildman–Crippen MR) is 121 cm³/mol. The molecule has 174 valence electrons. The van der Waals surface area contributed by atoms with Crippen LogP contribution in [0.15, 0.2) is 35.0 Å². The normalized spacial score (nSPS) is 10.4. The molecule has 0 saturated carbocycles. The number of nitrogens with one attached hydrogen (secondary N) is 4. The lowest BCUT2D eigenvalue weighted by atomic mass is 10.1. The molecule has 12 nitrogen and oxygen atoms in total. The summed E-state index contributed by atoms with van der Waals surface area (Å²) in [7, 11) is 4.57. The van der Waals surface area contributed by atoms with Crippen molar-refractivity contribution < 1.29 is 23.6 Å². The van der Waals surface area contributed by atoms with Crippen molar-refractivity contribution in [2.24, 2.45) is 0 Å². The summed E-state index contributed by atoms with van der Waals surface area (Å²) in [6.45, 7) is 2.40. The van der Waals surface area contributed by atoms with Gasteiger partial charge in [0, 0.05) is 39.9 Å². The van der Waals surface area contributed by atoms with Gasteiger partial charge in [0.15, 0.2) is 5.75 Å². The number of benzene rings is 1. The Bertz CT molecular complexity index is 1130. The first kappa shape index (κ1) is 23.5. The maximum Gasteiger partial charge on any atom is 0.320 e. The number of para-hydroxylation sites is 1. The molecular weight excluding hydrogens is 430 g/mol. The Morgan fingerprint density at radius 2 is 2.00 bits per heavy atom. The topological polar surface area (TPSA) is 153 Å². The highest BCUT2D eigenvalue weighted by atomic mass is 16.5. The van der Waals surface area contributed by atoms with E-state index in [4.69, 9.17) is 14.0 Å². The van der Waals surface area contributed by atoms with Gasteiger partial charge in [-0.1, -0.05) is 11.2 Å². The summed E-state index contributed by atoms with van der Waals surface area (Å²) in [5.41, 5.74) is 1.82. The first-order valence-corrected chi connectivity index (χ1v) is 9.97. The van der Waals surface area contributed by atoms with Crippen LogP contribution in [0.1, 0.15) is 16.2 Å². The molecule has 0 spiro atoms. The number of hydrogen-bond donors (Lipinski definition) is 4. The van der Waals surface area contributed by atoms with Crippen LogP contribution in [0.25, 0.3) is 11.4 Å². The number of carbonyl (C=O) groups is 2. The monoisotopic (exact) mass is 455 g/mol. The van der Waals surface area contributed by atoms with Gasteiger partial charge < -0.3 is 29.9 Å². The van der Waals surface area contributed by atoms with E-state index in [1.54, 1.807) is 38.3 Å². The van der Waals surface area contributed by atoms with Crippen LogP contribution in [0.5, 0.6) is 5.75 Å². The summed E-state index contributed by atoms with van der Waals surface area (Å²) in [5, 5.41) is 15.0. The Labute approximate surface area is 190 Å². The number of ether oxygens (including phenoxy) is 2. The molecule has 1 aromatic carbocycles. The average Bonchev–Trinajstić information content (AvgIpc) is 3.25. The Kier molecular flexibility index (Phi) is 7.76. The number of hydrogen-bond acceptors (Lipinski definition) is 9. The van der Waals surface area contributed by atoms with Gasteiger partial charge in [0.1, 0.15) is 5.82 Å². The molecule has 33 heavy (non-hydrogen) atoms. The minimum atomic E-state index is -0.453. The molecule has 0 unspecified atom stereocenters. The second-order valence-electron chi connectivity index (χ2n) is 6.72. The van der Waals surface area contributed by atoms with E-state index in [1.165, 1.54) is 20.4 Å². The maximum atomic E-state index is 12.4. The van der Waals surface area contributed by atoms with Crippen LogP contribution < -0.4 is 26.0 Å². The van der Waals surface area contributed by atoms with Crippen LogP contribution in [0.4, 0.5) is 22.0 Å². The highest BCUT2D eigenvalue weighted by Crippen LogP contribution is 2.37. The van der Waals surface area contributed by atoms with Gasteiger partial charge in [0.25, 0.3) is 5.91 Å². The third-order valence-electron chi connectivity index (χ3n) is 4.47. The molecule has 0 aliphatic carbocycles. The highest BCUT2D eigenvalue weighted by Gasteiger charge is 2.18. The van der Waals surface area contributed by atoms with Crippen molar-refractivity contribution in [2.75, 3.05) is 45.1 Å². The van der Waals surface area contributed by atoms with E-state index in [9.17, 15) is 9.59 Å². The van der Waals surface area contributed by atoms with Crippen LogP contribution in [0, 0.1) is 6.92 Å². The number of carbonyl (C=O) groups excluding carboxylic acids is 2. The van der Waals surface area contributed by atoms with Gasteiger partial charge in [-0.15, -0.1) is 0 Å². The summed E-state index contributed by atoms with van der Waals surface area (Å²) >= 11 is 0. The zero-order valence-electron chi connectivity index (χ0n) is 18.7. The summed E-state index contributed by atoms with van der Waals surface area (Å²) in [4.78, 5) is 32.9. The molecule has 3 rings (SSSR count). The molecule has 0 bridgehead atoms. The molecule has 12 heteroatoms. The number of nitrogens with zero attached hydrogens (tertiary/aromatic N) is 3. The average molecular weight is 455 g/mol. The summed E-state index contributed by atoms with van der Waals surface area (Å²) in [5.74, 6) is 1.11. The zero-order valence-corrected chi connectivity index (χ0v) is 18.7. The third kappa shape index (κ3) is 5.74. The molecular formula is C21H25N7O5. The number of rotatable bonds is 9. The number of amides is 3. The summed E-state index contributed by atoms with van der Waals surface area (Å²) in [6, 6.07) is 6.44. The van der Waals surface area contributed by atoms with Gasteiger partial charge in [-0.05, 0) is 12.1 Å². The molecule has 2 heterocycles. The Morgan fingerprint density at radius 1 is 1.18 bits per heavy atom. The molecule has 0 radical (unpaired) electrons.